The van der Waals surface area contributed by atoms with Crippen LogP contribution >= 0.6 is 0 Å². The van der Waals surface area contributed by atoms with Gasteiger partial charge in [0.15, 0.2) is 0 Å². The van der Waals surface area contributed by atoms with Crippen molar-refractivity contribution in [1.82, 2.24) is 0 Å². The van der Waals surface area contributed by atoms with Crippen molar-refractivity contribution in [1.29, 1.82) is 0 Å². The Bertz CT molecular complexity index is 694. The van der Waals surface area contributed by atoms with Crippen molar-refractivity contribution in [2.24, 2.45) is 0 Å². The molecule has 0 rings (SSSR count). The van der Waals surface area contributed by atoms with Gasteiger partial charge >= 0.3 is 81.5 Å². The Labute approximate surface area is 316 Å². The maximum atomic E-state index is 10.3. The van der Waals surface area contributed by atoms with Crippen LogP contribution in [0.5, 0.6) is 0 Å². The predicted octanol–water partition coefficient (Wildman–Crippen LogP) is 14.9. The molecular weight excluding hydrogens is 711 g/mol. The normalized spacial score (nSPS) is 11.3. The fourth-order valence-electron chi connectivity index (χ4n) is 4.90. The van der Waals surface area contributed by atoms with Gasteiger partial charge in [-0.15, -0.1) is 0 Å². The van der Waals surface area contributed by atoms with Crippen LogP contribution in [0.15, 0.2) is 48.6 Å². The zero-order chi connectivity index (χ0) is 36.7. The van der Waals surface area contributed by atoms with E-state index >= 15 is 0 Å². The number of hydrogen-bond acceptors (Lipinski definition) is 2. The minimum absolute atomic E-state index is 0.149. The van der Waals surface area contributed by atoms with Gasteiger partial charge in [-0.2, -0.15) is 0 Å². The van der Waals surface area contributed by atoms with Crippen molar-refractivity contribution in [2.75, 3.05) is 0 Å². The standard InChI is InChI=1S/2C18H32O2.2C4H9.Sn/c2*1-2-3-4-5-6-7-8-9-10-11-12-13-14-15-16-17-18(19)20;2*1-3-4-2;/h2*6-7,9-10H,2-5,8,11-17H2,1H3,(H,19,20);2*1,3-4H2,2H3;/b2*7-6-,10-9-;;;. The molecule has 4 nitrogen and oxygen atoms in total. The first-order valence-corrected chi connectivity index (χ1v) is 24.7. The molecule has 5 heteroatoms. The van der Waals surface area contributed by atoms with Crippen molar-refractivity contribution in [3.8, 4) is 0 Å². The first kappa shape index (κ1) is 52.1. The second kappa shape index (κ2) is 51.1. The molecule has 0 aromatic carbocycles. The van der Waals surface area contributed by atoms with Crippen LogP contribution in [0.1, 0.15) is 207 Å². The number of allylic oxidation sites excluding steroid dienone is 8. The Morgan fingerprint density at radius 3 is 0.980 bits per heavy atom. The van der Waals surface area contributed by atoms with E-state index in [1.165, 1.54) is 116 Å². The topological polar surface area (TPSA) is 74.6 Å². The molecule has 0 aliphatic heterocycles. The summed E-state index contributed by atoms with van der Waals surface area (Å²) in [6.07, 6.45) is 50.4. The fraction of sp³-hybridized carbons (Fsp3) is 0.773. The fourth-order valence-corrected chi connectivity index (χ4v) is 9.06. The summed E-state index contributed by atoms with van der Waals surface area (Å²) in [7, 11) is 0. The molecule has 0 aliphatic rings. The summed E-state index contributed by atoms with van der Waals surface area (Å²) < 4.78 is 3.25. The number of carbonyl (C=O) groups is 2. The average Bonchev–Trinajstić information content (AvgIpc) is 3.08. The summed E-state index contributed by atoms with van der Waals surface area (Å²) in [6.45, 7) is 9.05. The number of hydrogen-bond donors (Lipinski definition) is 2. The van der Waals surface area contributed by atoms with Crippen molar-refractivity contribution in [2.45, 2.75) is 216 Å². The van der Waals surface area contributed by atoms with Gasteiger partial charge in [-0.25, -0.2) is 0 Å². The number of carboxylic acid groups (broad SMARTS) is 2. The molecule has 2 radical (unpaired) electrons. The number of unbranched alkanes of at least 4 members (excludes halogenated alkanes) is 18. The molecule has 0 heterocycles. The van der Waals surface area contributed by atoms with Crippen molar-refractivity contribution >= 4 is 33.1 Å². The van der Waals surface area contributed by atoms with E-state index < -0.39 is 11.9 Å². The zero-order valence-electron chi connectivity index (χ0n) is 33.0. The van der Waals surface area contributed by atoms with Gasteiger partial charge in [0.1, 0.15) is 0 Å². The molecule has 0 aromatic heterocycles. The molecule has 0 amide bonds. The van der Waals surface area contributed by atoms with Crippen molar-refractivity contribution in [3.05, 3.63) is 48.6 Å². The quantitative estimate of drug-likeness (QED) is 0.0387. The summed E-state index contributed by atoms with van der Waals surface area (Å²) >= 11 is 0.149. The molecule has 0 unspecified atom stereocenters. The van der Waals surface area contributed by atoms with E-state index in [1.807, 2.05) is 0 Å². The van der Waals surface area contributed by atoms with Crippen LogP contribution in [0.4, 0.5) is 0 Å². The number of aliphatic carboxylic acids is 2. The Morgan fingerprint density at radius 1 is 0.388 bits per heavy atom. The predicted molar refractivity (Wildman–Crippen MR) is 219 cm³/mol. The summed E-state index contributed by atoms with van der Waals surface area (Å²) in [4.78, 5) is 20.6. The maximum absolute atomic E-state index is 10.3. The van der Waals surface area contributed by atoms with Gasteiger partial charge in [-0.3, -0.25) is 9.59 Å². The zero-order valence-corrected chi connectivity index (χ0v) is 35.9. The van der Waals surface area contributed by atoms with E-state index in [4.69, 9.17) is 10.2 Å². The Morgan fingerprint density at radius 2 is 0.673 bits per heavy atom. The number of rotatable bonds is 34. The van der Waals surface area contributed by atoms with E-state index in [0.29, 0.717) is 12.8 Å². The van der Waals surface area contributed by atoms with Crippen LogP contribution < -0.4 is 0 Å². The van der Waals surface area contributed by atoms with E-state index in [0.717, 1.165) is 51.4 Å². The molecule has 286 valence electrons. The molecule has 0 atom stereocenters. The summed E-state index contributed by atoms with van der Waals surface area (Å²) in [5.41, 5.74) is 0. The van der Waals surface area contributed by atoms with E-state index in [9.17, 15) is 9.59 Å². The summed E-state index contributed by atoms with van der Waals surface area (Å²) in [6, 6.07) is 0. The third kappa shape index (κ3) is 62.3. The molecule has 0 fully saturated rings. The first-order chi connectivity index (χ1) is 24.0. The van der Waals surface area contributed by atoms with Gasteiger partial charge in [-0.05, 0) is 77.0 Å². The summed E-state index contributed by atoms with van der Waals surface area (Å²) in [5, 5.41) is 17.0. The van der Waals surface area contributed by atoms with Crippen LogP contribution in [0.25, 0.3) is 0 Å². The first-order valence-electron chi connectivity index (χ1n) is 20.7. The Hall–Kier alpha value is -1.30. The Kier molecular flexibility index (Phi) is 54.3. The molecule has 0 bridgehead atoms. The Balaban J connectivity index is -0.000000695. The van der Waals surface area contributed by atoms with Crippen LogP contribution in [-0.2, 0) is 9.59 Å². The van der Waals surface area contributed by atoms with Gasteiger partial charge in [0.05, 0.1) is 0 Å². The van der Waals surface area contributed by atoms with Crippen LogP contribution in [0.3, 0.4) is 0 Å². The van der Waals surface area contributed by atoms with Crippen LogP contribution in [0.2, 0.25) is 8.87 Å². The SMILES string of the molecule is CCCCC/C=C\C/C=C\CCCCCCCC(=O)O.CCCCC/C=C\C/C=C\CCCCCCCC(=O)O.CCC[CH2][Sn][CH2]CCC. The van der Waals surface area contributed by atoms with Gasteiger partial charge in [0, 0.05) is 12.8 Å². The van der Waals surface area contributed by atoms with E-state index in [2.05, 4.69) is 76.3 Å². The van der Waals surface area contributed by atoms with Crippen LogP contribution in [-0.4, -0.2) is 43.3 Å². The van der Waals surface area contributed by atoms with E-state index in [1.54, 1.807) is 8.87 Å². The van der Waals surface area contributed by atoms with Gasteiger partial charge in [-0.1, -0.05) is 127 Å². The second-order valence-electron chi connectivity index (χ2n) is 13.2. The molecular formula is C44H82O4Sn. The van der Waals surface area contributed by atoms with Gasteiger partial charge < -0.3 is 10.2 Å². The monoisotopic (exact) mass is 795 g/mol. The van der Waals surface area contributed by atoms with Crippen molar-refractivity contribution < 1.29 is 19.8 Å². The minimum atomic E-state index is -0.671. The van der Waals surface area contributed by atoms with Gasteiger partial charge in [0.2, 0.25) is 0 Å². The molecule has 0 spiro atoms. The third-order valence-electron chi connectivity index (χ3n) is 8.10. The third-order valence-corrected chi connectivity index (χ3v) is 12.1. The molecule has 49 heavy (non-hydrogen) atoms. The van der Waals surface area contributed by atoms with Crippen molar-refractivity contribution in [3.63, 3.8) is 0 Å². The second-order valence-corrected chi connectivity index (χ2v) is 17.5. The summed E-state index contributed by atoms with van der Waals surface area (Å²) in [5.74, 6) is -1.34. The molecule has 2 N–H and O–H groups in total. The molecule has 0 saturated carbocycles. The molecule has 0 aromatic rings. The van der Waals surface area contributed by atoms with Gasteiger partial charge in [0.25, 0.3) is 0 Å². The average molecular weight is 794 g/mol. The number of carboxylic acids is 2. The van der Waals surface area contributed by atoms with E-state index in [-0.39, 0.29) is 21.1 Å². The molecule has 0 aliphatic carbocycles. The molecule has 0 saturated heterocycles. The van der Waals surface area contributed by atoms with Crippen LogP contribution in [0, 0.1) is 0 Å².